The molecule has 0 saturated carbocycles. The van der Waals surface area contributed by atoms with Gasteiger partial charge in [-0.2, -0.15) is 0 Å². The standard InChI is InChI=1S/C18H16BrNO3S/c1-12-2-8-15(9-3-12)20-17(21)11-24-16(18(22)23)10-13-4-6-14(19)7-5-13/h2-10H,11H2,1H3,(H,20,21)(H,22,23)/b16-10+. The molecule has 0 spiro atoms. The minimum Gasteiger partial charge on any atom is -0.477 e. The van der Waals surface area contributed by atoms with E-state index in [2.05, 4.69) is 21.2 Å². The van der Waals surface area contributed by atoms with Crippen LogP contribution in [-0.2, 0) is 9.59 Å². The van der Waals surface area contributed by atoms with E-state index < -0.39 is 5.97 Å². The van der Waals surface area contributed by atoms with Crippen molar-refractivity contribution in [1.29, 1.82) is 0 Å². The highest BCUT2D eigenvalue weighted by Gasteiger charge is 2.11. The number of hydrogen-bond donors (Lipinski definition) is 2. The first-order valence-corrected chi connectivity index (χ1v) is 8.92. The van der Waals surface area contributed by atoms with Gasteiger partial charge in [0.15, 0.2) is 0 Å². The van der Waals surface area contributed by atoms with Crippen molar-refractivity contribution in [2.45, 2.75) is 6.92 Å². The number of carboxylic acids is 1. The van der Waals surface area contributed by atoms with E-state index in [4.69, 9.17) is 0 Å². The maximum Gasteiger partial charge on any atom is 0.342 e. The molecule has 0 fully saturated rings. The average Bonchev–Trinajstić information content (AvgIpc) is 2.55. The SMILES string of the molecule is Cc1ccc(NC(=O)CS/C(=C/c2ccc(Br)cc2)C(=O)O)cc1. The first-order chi connectivity index (χ1) is 11.4. The van der Waals surface area contributed by atoms with Gasteiger partial charge in [0.2, 0.25) is 5.91 Å². The van der Waals surface area contributed by atoms with Crippen LogP contribution in [-0.4, -0.2) is 22.7 Å². The number of benzene rings is 2. The van der Waals surface area contributed by atoms with E-state index in [1.165, 1.54) is 0 Å². The molecule has 4 nitrogen and oxygen atoms in total. The van der Waals surface area contributed by atoms with E-state index in [0.29, 0.717) is 5.69 Å². The van der Waals surface area contributed by atoms with Crippen molar-refractivity contribution in [3.05, 3.63) is 69.0 Å². The van der Waals surface area contributed by atoms with Crippen LogP contribution in [0.1, 0.15) is 11.1 Å². The van der Waals surface area contributed by atoms with Gasteiger partial charge in [-0.05, 0) is 42.8 Å². The monoisotopic (exact) mass is 405 g/mol. The summed E-state index contributed by atoms with van der Waals surface area (Å²) in [6.07, 6.45) is 1.55. The Bertz CT molecular complexity index is 755. The lowest BCUT2D eigenvalue weighted by molar-refractivity contribution is -0.131. The number of amides is 1. The number of carboxylic acid groups (broad SMARTS) is 1. The quantitative estimate of drug-likeness (QED) is 0.691. The van der Waals surface area contributed by atoms with Gasteiger partial charge >= 0.3 is 5.97 Å². The van der Waals surface area contributed by atoms with E-state index in [1.807, 2.05) is 43.3 Å². The fourth-order valence-corrected chi connectivity index (χ4v) is 2.82. The molecule has 124 valence electrons. The summed E-state index contributed by atoms with van der Waals surface area (Å²) < 4.78 is 0.918. The highest BCUT2D eigenvalue weighted by molar-refractivity contribution is 9.10. The molecule has 2 rings (SSSR count). The highest BCUT2D eigenvalue weighted by Crippen LogP contribution is 2.21. The van der Waals surface area contributed by atoms with Gasteiger partial charge in [0.1, 0.15) is 0 Å². The Labute approximate surface area is 153 Å². The molecule has 0 heterocycles. The number of aliphatic carboxylic acids is 1. The minimum absolute atomic E-state index is 0.0303. The lowest BCUT2D eigenvalue weighted by atomic mass is 10.2. The molecule has 24 heavy (non-hydrogen) atoms. The molecule has 6 heteroatoms. The largest absolute Gasteiger partial charge is 0.477 e. The summed E-state index contributed by atoms with van der Waals surface area (Å²) in [5, 5.41) is 12.0. The van der Waals surface area contributed by atoms with Gasteiger partial charge in [0, 0.05) is 10.2 Å². The second-order valence-corrected chi connectivity index (χ2v) is 7.00. The summed E-state index contributed by atoms with van der Waals surface area (Å²) in [6, 6.07) is 14.7. The molecule has 0 radical (unpaired) electrons. The zero-order valence-corrected chi connectivity index (χ0v) is 15.4. The third-order valence-corrected chi connectivity index (χ3v) is 4.61. The number of rotatable bonds is 6. The molecule has 0 aliphatic heterocycles. The number of aryl methyl sites for hydroxylation is 1. The molecule has 0 bridgehead atoms. The molecular weight excluding hydrogens is 390 g/mol. The predicted octanol–water partition coefficient (Wildman–Crippen LogP) is 4.55. The van der Waals surface area contributed by atoms with Crippen LogP contribution in [0.2, 0.25) is 0 Å². The van der Waals surface area contributed by atoms with E-state index in [-0.39, 0.29) is 16.6 Å². The number of hydrogen-bond acceptors (Lipinski definition) is 3. The fourth-order valence-electron chi connectivity index (χ4n) is 1.85. The van der Waals surface area contributed by atoms with Crippen molar-refractivity contribution in [2.24, 2.45) is 0 Å². The van der Waals surface area contributed by atoms with Crippen molar-refractivity contribution in [3.8, 4) is 0 Å². The molecule has 0 aromatic heterocycles. The first-order valence-electron chi connectivity index (χ1n) is 7.14. The van der Waals surface area contributed by atoms with Gasteiger partial charge in [0.25, 0.3) is 0 Å². The van der Waals surface area contributed by atoms with Crippen LogP contribution in [0.5, 0.6) is 0 Å². The van der Waals surface area contributed by atoms with Crippen molar-refractivity contribution in [1.82, 2.24) is 0 Å². The Morgan fingerprint density at radius 3 is 2.33 bits per heavy atom. The van der Waals surface area contributed by atoms with Gasteiger partial charge in [-0.15, -0.1) is 11.8 Å². The molecule has 1 amide bonds. The van der Waals surface area contributed by atoms with E-state index in [1.54, 1.807) is 18.2 Å². The second kappa shape index (κ2) is 8.70. The number of carbonyl (C=O) groups excluding carboxylic acids is 1. The van der Waals surface area contributed by atoms with Crippen molar-refractivity contribution in [3.63, 3.8) is 0 Å². The topological polar surface area (TPSA) is 66.4 Å². The number of anilines is 1. The summed E-state index contributed by atoms with van der Waals surface area (Å²) in [5.41, 5.74) is 2.56. The molecule has 0 unspecified atom stereocenters. The first kappa shape index (κ1) is 18.3. The molecule has 0 atom stereocenters. The lowest BCUT2D eigenvalue weighted by Gasteiger charge is -2.06. The van der Waals surface area contributed by atoms with E-state index >= 15 is 0 Å². The molecule has 0 aliphatic rings. The summed E-state index contributed by atoms with van der Waals surface area (Å²) in [5.74, 6) is -1.26. The van der Waals surface area contributed by atoms with Gasteiger partial charge in [0.05, 0.1) is 10.7 Å². The van der Waals surface area contributed by atoms with Crippen LogP contribution in [0, 0.1) is 6.92 Å². The maximum atomic E-state index is 12.0. The summed E-state index contributed by atoms with van der Waals surface area (Å²) >= 11 is 4.33. The van der Waals surface area contributed by atoms with Crippen LogP contribution >= 0.6 is 27.7 Å². The Morgan fingerprint density at radius 2 is 1.75 bits per heavy atom. The smallest absolute Gasteiger partial charge is 0.342 e. The van der Waals surface area contributed by atoms with Gasteiger partial charge < -0.3 is 10.4 Å². The normalized spacial score (nSPS) is 11.2. The summed E-state index contributed by atoms with van der Waals surface area (Å²) in [7, 11) is 0. The van der Waals surface area contributed by atoms with Gasteiger partial charge in [-0.25, -0.2) is 4.79 Å². The van der Waals surface area contributed by atoms with E-state index in [9.17, 15) is 14.7 Å². The summed E-state index contributed by atoms with van der Waals surface area (Å²) in [4.78, 5) is 23.4. The molecule has 0 aliphatic carbocycles. The maximum absolute atomic E-state index is 12.0. The second-order valence-electron chi connectivity index (χ2n) is 5.07. The van der Waals surface area contributed by atoms with Gasteiger partial charge in [-0.3, -0.25) is 4.79 Å². The lowest BCUT2D eigenvalue weighted by Crippen LogP contribution is -2.15. The number of nitrogens with one attached hydrogen (secondary N) is 1. The van der Waals surface area contributed by atoms with Crippen molar-refractivity contribution >= 4 is 51.3 Å². The number of halogens is 1. The Kier molecular flexibility index (Phi) is 6.63. The van der Waals surface area contributed by atoms with Crippen LogP contribution in [0.4, 0.5) is 5.69 Å². The number of carbonyl (C=O) groups is 2. The third kappa shape index (κ3) is 5.86. The van der Waals surface area contributed by atoms with Crippen LogP contribution in [0.3, 0.4) is 0 Å². The van der Waals surface area contributed by atoms with E-state index in [0.717, 1.165) is 27.4 Å². The fraction of sp³-hybridized carbons (Fsp3) is 0.111. The van der Waals surface area contributed by atoms with Crippen LogP contribution < -0.4 is 5.32 Å². The zero-order valence-electron chi connectivity index (χ0n) is 13.0. The Morgan fingerprint density at radius 1 is 1.12 bits per heavy atom. The summed E-state index contributed by atoms with van der Waals surface area (Å²) in [6.45, 7) is 1.97. The Balaban J connectivity index is 1.98. The minimum atomic E-state index is -1.05. The third-order valence-electron chi connectivity index (χ3n) is 3.07. The zero-order chi connectivity index (χ0) is 17.5. The van der Waals surface area contributed by atoms with Gasteiger partial charge in [-0.1, -0.05) is 45.8 Å². The molecular formula is C18H16BrNO3S. The number of thioether (sulfide) groups is 1. The molecule has 2 aromatic rings. The molecule has 2 aromatic carbocycles. The molecule has 2 N–H and O–H groups in total. The highest BCUT2D eigenvalue weighted by atomic mass is 79.9. The predicted molar refractivity (Wildman–Crippen MR) is 102 cm³/mol. The van der Waals surface area contributed by atoms with Crippen LogP contribution in [0.25, 0.3) is 6.08 Å². The van der Waals surface area contributed by atoms with Crippen LogP contribution in [0.15, 0.2) is 57.9 Å². The van der Waals surface area contributed by atoms with Crippen molar-refractivity contribution in [2.75, 3.05) is 11.1 Å². The Hall–Kier alpha value is -2.05. The van der Waals surface area contributed by atoms with Crippen molar-refractivity contribution < 1.29 is 14.7 Å². The average molecular weight is 406 g/mol. The molecule has 0 saturated heterocycles.